The third-order valence-corrected chi connectivity index (χ3v) is 4.84. The fraction of sp³-hybridized carbons (Fsp3) is 0.417. The minimum absolute atomic E-state index is 0.233. The maximum atomic E-state index is 14.1. The molecule has 1 aromatic carbocycles. The van der Waals surface area contributed by atoms with Crippen LogP contribution in [-0.2, 0) is 13.8 Å². The fourth-order valence-corrected chi connectivity index (χ4v) is 3.65. The lowest BCUT2D eigenvalue weighted by molar-refractivity contribution is 0.0312. The molecule has 1 aromatic rings. The molecular formula is C12H11BrClFO4S. The predicted octanol–water partition coefficient (Wildman–Crippen LogP) is 3.62. The maximum Gasteiger partial charge on any atom is 0.341 e. The van der Waals surface area contributed by atoms with Gasteiger partial charge in [-0.1, -0.05) is 15.9 Å². The Hall–Kier alpha value is -0.660. The first-order chi connectivity index (χ1) is 9.29. The molecule has 0 atom stereocenters. The average molecular weight is 386 g/mol. The van der Waals surface area contributed by atoms with E-state index in [0.717, 1.165) is 31.7 Å². The van der Waals surface area contributed by atoms with Gasteiger partial charge in [-0.05, 0) is 37.8 Å². The molecule has 2 rings (SSSR count). The zero-order valence-corrected chi connectivity index (χ0v) is 13.4. The number of halogens is 3. The Bertz CT molecular complexity index is 641. The first-order valence-corrected chi connectivity index (χ1v) is 9.04. The monoisotopic (exact) mass is 384 g/mol. The summed E-state index contributed by atoms with van der Waals surface area (Å²) in [5.74, 6) is -2.07. The minimum Gasteiger partial charge on any atom is -0.459 e. The zero-order chi connectivity index (χ0) is 14.9. The van der Waals surface area contributed by atoms with Gasteiger partial charge in [0.15, 0.2) is 5.82 Å². The van der Waals surface area contributed by atoms with Crippen LogP contribution in [0.25, 0.3) is 0 Å². The van der Waals surface area contributed by atoms with E-state index in [1.165, 1.54) is 6.07 Å². The summed E-state index contributed by atoms with van der Waals surface area (Å²) in [6, 6.07) is 2.18. The third-order valence-electron chi connectivity index (χ3n) is 3.06. The Morgan fingerprint density at radius 1 is 1.35 bits per heavy atom. The summed E-state index contributed by atoms with van der Waals surface area (Å²) < 4.78 is 42.0. The van der Waals surface area contributed by atoms with Crippen molar-refractivity contribution in [2.24, 2.45) is 0 Å². The third kappa shape index (κ3) is 3.51. The van der Waals surface area contributed by atoms with Crippen molar-refractivity contribution in [2.45, 2.75) is 36.7 Å². The summed E-state index contributed by atoms with van der Waals surface area (Å²) in [4.78, 5) is 11.2. The van der Waals surface area contributed by atoms with Gasteiger partial charge < -0.3 is 4.74 Å². The van der Waals surface area contributed by atoms with Crippen molar-refractivity contribution < 1.29 is 22.3 Å². The second kappa shape index (κ2) is 5.99. The highest BCUT2D eigenvalue weighted by Gasteiger charge is 2.27. The summed E-state index contributed by atoms with van der Waals surface area (Å²) in [7, 11) is 0.862. The number of carbonyl (C=O) groups is 1. The average Bonchev–Trinajstić information content (AvgIpc) is 2.83. The molecule has 1 fully saturated rings. The molecule has 0 heterocycles. The van der Waals surface area contributed by atoms with E-state index >= 15 is 0 Å². The minimum atomic E-state index is -4.28. The molecule has 0 amide bonds. The summed E-state index contributed by atoms with van der Waals surface area (Å²) >= 11 is 3.02. The number of ether oxygens (including phenoxy) is 1. The Labute approximate surface area is 128 Å². The van der Waals surface area contributed by atoms with Gasteiger partial charge in [-0.15, -0.1) is 0 Å². The van der Waals surface area contributed by atoms with Gasteiger partial charge in [-0.25, -0.2) is 17.6 Å². The topological polar surface area (TPSA) is 60.4 Å². The molecule has 20 heavy (non-hydrogen) atoms. The Morgan fingerprint density at radius 2 is 1.95 bits per heavy atom. The van der Waals surface area contributed by atoms with Gasteiger partial charge in [-0.3, -0.25) is 0 Å². The lowest BCUT2D eigenvalue weighted by Crippen LogP contribution is -2.17. The number of carbonyl (C=O) groups excluding carboxylic acids is 1. The molecule has 0 spiro atoms. The van der Waals surface area contributed by atoms with Gasteiger partial charge in [0.1, 0.15) is 11.0 Å². The second-order valence-corrected chi connectivity index (χ2v) is 7.97. The van der Waals surface area contributed by atoms with Crippen LogP contribution < -0.4 is 0 Å². The fourth-order valence-electron chi connectivity index (χ4n) is 2.11. The van der Waals surface area contributed by atoms with Crippen molar-refractivity contribution in [3.63, 3.8) is 0 Å². The van der Waals surface area contributed by atoms with Crippen LogP contribution in [0.3, 0.4) is 0 Å². The smallest absolute Gasteiger partial charge is 0.341 e. The van der Waals surface area contributed by atoms with Gasteiger partial charge in [0.05, 0.1) is 5.56 Å². The van der Waals surface area contributed by atoms with Crippen LogP contribution in [0.2, 0.25) is 0 Å². The predicted molar refractivity (Wildman–Crippen MR) is 74.8 cm³/mol. The van der Waals surface area contributed by atoms with Crippen LogP contribution in [-0.4, -0.2) is 20.5 Å². The van der Waals surface area contributed by atoms with Crippen molar-refractivity contribution in [3.05, 3.63) is 28.0 Å². The first-order valence-electron chi connectivity index (χ1n) is 5.93. The maximum absolute atomic E-state index is 14.1. The van der Waals surface area contributed by atoms with Crippen LogP contribution in [0.5, 0.6) is 0 Å². The van der Waals surface area contributed by atoms with Crippen LogP contribution in [0, 0.1) is 5.82 Å². The second-order valence-electron chi connectivity index (χ2n) is 4.52. The number of hydrogen-bond donors (Lipinski definition) is 0. The molecule has 0 unspecified atom stereocenters. The van der Waals surface area contributed by atoms with E-state index in [4.69, 9.17) is 15.4 Å². The standard InChI is InChI=1S/C12H11BrClFO4S/c13-7-5-9(11(15)10(6-7)20(14,17)18)12(16)19-8-3-1-2-4-8/h5-6,8H,1-4H2. The molecular weight excluding hydrogens is 375 g/mol. The molecule has 0 bridgehead atoms. The lowest BCUT2D eigenvalue weighted by Gasteiger charge is -2.12. The lowest BCUT2D eigenvalue weighted by atomic mass is 10.2. The van der Waals surface area contributed by atoms with E-state index in [-0.39, 0.29) is 10.6 Å². The Morgan fingerprint density at radius 3 is 2.50 bits per heavy atom. The van der Waals surface area contributed by atoms with Gasteiger partial charge in [-0.2, -0.15) is 0 Å². The summed E-state index contributed by atoms with van der Waals surface area (Å²) in [5, 5.41) is 0. The normalized spacial score (nSPS) is 16.4. The largest absolute Gasteiger partial charge is 0.459 e. The van der Waals surface area contributed by atoms with E-state index in [1.54, 1.807) is 0 Å². The quantitative estimate of drug-likeness (QED) is 0.589. The van der Waals surface area contributed by atoms with Crippen molar-refractivity contribution in [3.8, 4) is 0 Å². The van der Waals surface area contributed by atoms with Crippen LogP contribution in [0.4, 0.5) is 4.39 Å². The summed E-state index contributed by atoms with van der Waals surface area (Å²) in [6.45, 7) is 0. The highest BCUT2D eigenvalue weighted by Crippen LogP contribution is 2.28. The highest BCUT2D eigenvalue weighted by molar-refractivity contribution is 9.10. The van der Waals surface area contributed by atoms with E-state index in [1.807, 2.05) is 0 Å². The van der Waals surface area contributed by atoms with E-state index in [2.05, 4.69) is 15.9 Å². The van der Waals surface area contributed by atoms with Crippen molar-refractivity contribution in [1.29, 1.82) is 0 Å². The van der Waals surface area contributed by atoms with Crippen molar-refractivity contribution >= 4 is 41.6 Å². The number of esters is 1. The van der Waals surface area contributed by atoms with Gasteiger partial charge in [0.25, 0.3) is 9.05 Å². The van der Waals surface area contributed by atoms with E-state index in [0.29, 0.717) is 0 Å². The van der Waals surface area contributed by atoms with E-state index in [9.17, 15) is 17.6 Å². The molecule has 110 valence electrons. The Kier molecular flexibility index (Phi) is 4.71. The highest BCUT2D eigenvalue weighted by atomic mass is 79.9. The van der Waals surface area contributed by atoms with Crippen LogP contribution in [0.15, 0.2) is 21.5 Å². The van der Waals surface area contributed by atoms with E-state index < -0.39 is 31.3 Å². The van der Waals surface area contributed by atoms with Gasteiger partial charge in [0, 0.05) is 15.2 Å². The molecule has 8 heteroatoms. The zero-order valence-electron chi connectivity index (χ0n) is 10.2. The number of hydrogen-bond acceptors (Lipinski definition) is 4. The summed E-state index contributed by atoms with van der Waals surface area (Å²) in [6.07, 6.45) is 3.15. The van der Waals surface area contributed by atoms with Gasteiger partial charge >= 0.3 is 5.97 Å². The van der Waals surface area contributed by atoms with Crippen LogP contribution >= 0.6 is 26.6 Å². The number of benzene rings is 1. The molecule has 1 aliphatic rings. The number of rotatable bonds is 3. The molecule has 0 N–H and O–H groups in total. The SMILES string of the molecule is O=C(OC1CCCC1)c1cc(Br)cc(S(=O)(=O)Cl)c1F. The van der Waals surface area contributed by atoms with Gasteiger partial charge in [0.2, 0.25) is 0 Å². The van der Waals surface area contributed by atoms with Crippen molar-refractivity contribution in [1.82, 2.24) is 0 Å². The molecule has 0 saturated heterocycles. The van der Waals surface area contributed by atoms with Crippen molar-refractivity contribution in [2.75, 3.05) is 0 Å². The molecule has 0 radical (unpaired) electrons. The molecule has 1 saturated carbocycles. The summed E-state index contributed by atoms with van der Waals surface area (Å²) in [5.41, 5.74) is -0.439. The molecule has 1 aliphatic carbocycles. The van der Waals surface area contributed by atoms with Crippen LogP contribution in [0.1, 0.15) is 36.0 Å². The molecule has 0 aromatic heterocycles. The Balaban J connectivity index is 2.36. The first kappa shape index (κ1) is 15.7. The molecule has 4 nitrogen and oxygen atoms in total. The molecule has 0 aliphatic heterocycles.